The molecule has 0 atom stereocenters. The molecule has 0 amide bonds. The third-order valence-corrected chi connectivity index (χ3v) is 9.27. The smallest absolute Gasteiger partial charge is 0.170 e. The van der Waals surface area contributed by atoms with Gasteiger partial charge in [-0.15, -0.1) is 0 Å². The molecule has 4 aromatic rings. The van der Waals surface area contributed by atoms with Gasteiger partial charge in [0, 0.05) is 5.56 Å². The molecule has 152 valence electrons. The second kappa shape index (κ2) is 9.55. The molecule has 0 bridgehead atoms. The van der Waals surface area contributed by atoms with Crippen LogP contribution < -0.4 is 15.9 Å². The summed E-state index contributed by atoms with van der Waals surface area (Å²) in [6.07, 6.45) is -0.141. The van der Waals surface area contributed by atoms with Gasteiger partial charge in [0.25, 0.3) is 0 Å². The van der Waals surface area contributed by atoms with Crippen molar-refractivity contribution in [1.29, 1.82) is 0 Å². The summed E-state index contributed by atoms with van der Waals surface area (Å²) >= 11 is 0. The monoisotopic (exact) mass is 422 g/mol. The summed E-state index contributed by atoms with van der Waals surface area (Å²) in [7, 11) is 0. The molecule has 0 saturated carbocycles. The molecule has 0 fully saturated rings. The van der Waals surface area contributed by atoms with Crippen LogP contribution >= 0.6 is 6.89 Å². The van der Waals surface area contributed by atoms with Crippen molar-refractivity contribution in [1.82, 2.24) is 0 Å². The van der Waals surface area contributed by atoms with E-state index in [0.717, 1.165) is 15.9 Å². The first-order valence-electron chi connectivity index (χ1n) is 10.2. The predicted octanol–water partition coefficient (Wildman–Crippen LogP) is 4.62. The predicted molar refractivity (Wildman–Crippen MR) is 132 cm³/mol. The lowest BCUT2D eigenvalue weighted by atomic mass is 10.1. The van der Waals surface area contributed by atoms with Gasteiger partial charge >= 0.3 is 0 Å². The van der Waals surface area contributed by atoms with Crippen LogP contribution in [0.2, 0.25) is 0 Å². The zero-order chi connectivity index (χ0) is 21.5. The lowest BCUT2D eigenvalue weighted by Crippen LogP contribution is -2.29. The zero-order valence-electron chi connectivity index (χ0n) is 17.1. The average molecular weight is 422 g/mol. The lowest BCUT2D eigenvalue weighted by molar-refractivity contribution is -0.111. The maximum Gasteiger partial charge on any atom is 0.170 e. The minimum atomic E-state index is -2.38. The van der Waals surface area contributed by atoms with E-state index in [4.69, 9.17) is 0 Å². The van der Waals surface area contributed by atoms with Crippen molar-refractivity contribution >= 4 is 40.2 Å². The van der Waals surface area contributed by atoms with E-state index in [1.54, 1.807) is 12.1 Å². The molecule has 0 aliphatic heterocycles. The Labute approximate surface area is 183 Å². The van der Waals surface area contributed by atoms with E-state index in [-0.39, 0.29) is 18.0 Å². The van der Waals surface area contributed by atoms with Gasteiger partial charge in [-0.05, 0) is 28.6 Å². The van der Waals surface area contributed by atoms with E-state index in [2.05, 4.69) is 36.4 Å². The SMILES string of the molecule is O=C(C=P(c1ccccc1)(c1ccccc1)c1ccccc1)CC(=O)c1ccccc1. The lowest BCUT2D eigenvalue weighted by Gasteiger charge is -2.28. The normalized spacial score (nSPS) is 11.0. The quantitative estimate of drug-likeness (QED) is 0.247. The molecule has 0 aliphatic rings. The molecule has 0 unspecified atom stereocenters. The van der Waals surface area contributed by atoms with E-state index in [0.29, 0.717) is 5.56 Å². The Hall–Kier alpha value is -3.48. The summed E-state index contributed by atoms with van der Waals surface area (Å²) in [4.78, 5) is 26.0. The molecule has 2 nitrogen and oxygen atoms in total. The first-order chi connectivity index (χ1) is 15.2. The molecule has 0 heterocycles. The van der Waals surface area contributed by atoms with Gasteiger partial charge in [0.05, 0.1) is 6.42 Å². The zero-order valence-corrected chi connectivity index (χ0v) is 18.0. The molecular formula is C28H23O2P. The van der Waals surface area contributed by atoms with Gasteiger partial charge in [-0.25, -0.2) is 0 Å². The fourth-order valence-electron chi connectivity index (χ4n) is 3.81. The number of carbonyl (C=O) groups is 2. The summed E-state index contributed by atoms with van der Waals surface area (Å²) in [5, 5.41) is 3.27. The Morgan fingerprint density at radius 2 is 0.903 bits per heavy atom. The highest BCUT2D eigenvalue weighted by Gasteiger charge is 2.26. The van der Waals surface area contributed by atoms with Crippen LogP contribution in [0.3, 0.4) is 0 Å². The molecule has 0 N–H and O–H groups in total. The number of Topliss-reactive ketones (excluding diaryl/α,β-unsaturated/α-hetero) is 2. The van der Waals surface area contributed by atoms with Crippen molar-refractivity contribution in [2.75, 3.05) is 0 Å². The van der Waals surface area contributed by atoms with Gasteiger partial charge in [0.1, 0.15) is 0 Å². The Balaban J connectivity index is 1.89. The van der Waals surface area contributed by atoms with E-state index in [1.165, 1.54) is 0 Å². The van der Waals surface area contributed by atoms with Crippen LogP contribution in [0.25, 0.3) is 0 Å². The van der Waals surface area contributed by atoms with Gasteiger partial charge in [0.2, 0.25) is 0 Å². The first kappa shape index (κ1) is 20.8. The molecule has 0 radical (unpaired) electrons. The number of carbonyl (C=O) groups excluding carboxylic acids is 2. The minimum absolute atomic E-state index is 0.141. The van der Waals surface area contributed by atoms with E-state index in [9.17, 15) is 9.59 Å². The maximum atomic E-state index is 13.3. The van der Waals surface area contributed by atoms with Crippen molar-refractivity contribution in [3.05, 3.63) is 127 Å². The Kier molecular flexibility index (Phi) is 6.40. The molecule has 3 heteroatoms. The van der Waals surface area contributed by atoms with E-state index >= 15 is 0 Å². The molecule has 0 saturated heterocycles. The maximum absolute atomic E-state index is 13.3. The van der Waals surface area contributed by atoms with Crippen molar-refractivity contribution in [3.63, 3.8) is 0 Å². The van der Waals surface area contributed by atoms with E-state index < -0.39 is 6.89 Å². The standard InChI is InChI=1S/C28H23O2P/c29-24(21-28(30)23-13-5-1-6-14-23)22-31(25-15-7-2-8-16-25,26-17-9-3-10-18-26)27-19-11-4-12-20-27/h1-20,22H,21H2. The van der Waals surface area contributed by atoms with Gasteiger partial charge in [-0.1, -0.05) is 121 Å². The van der Waals surface area contributed by atoms with Crippen LogP contribution in [0.4, 0.5) is 0 Å². The van der Waals surface area contributed by atoms with Crippen molar-refractivity contribution in [3.8, 4) is 0 Å². The second-order valence-corrected chi connectivity index (χ2v) is 10.5. The Morgan fingerprint density at radius 1 is 0.548 bits per heavy atom. The average Bonchev–Trinajstić information content (AvgIpc) is 2.85. The van der Waals surface area contributed by atoms with Crippen LogP contribution in [0.5, 0.6) is 0 Å². The summed E-state index contributed by atoms with van der Waals surface area (Å²) in [5.74, 6) is 1.52. The molecule has 31 heavy (non-hydrogen) atoms. The Bertz CT molecular complexity index is 1110. The number of hydrogen-bond donors (Lipinski definition) is 0. The van der Waals surface area contributed by atoms with Crippen LogP contribution in [-0.2, 0) is 4.79 Å². The highest BCUT2D eigenvalue weighted by molar-refractivity contribution is 7.95. The van der Waals surface area contributed by atoms with Crippen LogP contribution in [0.15, 0.2) is 121 Å². The molecule has 0 aromatic heterocycles. The third kappa shape index (κ3) is 4.50. The minimum Gasteiger partial charge on any atom is -0.294 e. The van der Waals surface area contributed by atoms with Crippen LogP contribution in [0.1, 0.15) is 16.8 Å². The number of rotatable bonds is 7. The van der Waals surface area contributed by atoms with Crippen LogP contribution in [-0.4, -0.2) is 17.4 Å². The molecule has 4 aromatic carbocycles. The topological polar surface area (TPSA) is 34.1 Å². The molecular weight excluding hydrogens is 399 g/mol. The Morgan fingerprint density at radius 3 is 1.29 bits per heavy atom. The first-order valence-corrected chi connectivity index (χ1v) is 12.1. The third-order valence-electron chi connectivity index (χ3n) is 5.26. The summed E-state index contributed by atoms with van der Waals surface area (Å²) in [5.41, 5.74) is 0.562. The largest absolute Gasteiger partial charge is 0.294 e. The summed E-state index contributed by atoms with van der Waals surface area (Å²) in [6, 6.07) is 39.4. The number of ketones is 2. The molecule has 0 aliphatic carbocycles. The summed E-state index contributed by atoms with van der Waals surface area (Å²) < 4.78 is 0. The highest BCUT2D eigenvalue weighted by Crippen LogP contribution is 2.43. The highest BCUT2D eigenvalue weighted by atomic mass is 31.2. The second-order valence-electron chi connectivity index (χ2n) is 7.29. The number of benzene rings is 4. The molecule has 0 spiro atoms. The fraction of sp³-hybridized carbons (Fsp3) is 0.0357. The van der Waals surface area contributed by atoms with Gasteiger partial charge < -0.3 is 0 Å². The van der Waals surface area contributed by atoms with E-state index in [1.807, 2.05) is 78.6 Å². The summed E-state index contributed by atoms with van der Waals surface area (Å²) in [6.45, 7) is -2.38. The van der Waals surface area contributed by atoms with Crippen molar-refractivity contribution < 1.29 is 9.59 Å². The van der Waals surface area contributed by atoms with Gasteiger partial charge in [0.15, 0.2) is 11.6 Å². The van der Waals surface area contributed by atoms with Crippen LogP contribution in [0, 0.1) is 0 Å². The fourth-order valence-corrected chi connectivity index (χ4v) is 7.60. The van der Waals surface area contributed by atoms with Gasteiger partial charge in [-0.3, -0.25) is 9.59 Å². The van der Waals surface area contributed by atoms with Crippen molar-refractivity contribution in [2.45, 2.75) is 6.42 Å². The molecule has 4 rings (SSSR count). The number of hydrogen-bond acceptors (Lipinski definition) is 2. The van der Waals surface area contributed by atoms with Gasteiger partial charge in [-0.2, -0.15) is 0 Å². The van der Waals surface area contributed by atoms with Crippen molar-refractivity contribution in [2.24, 2.45) is 0 Å².